The number of hydrogen-bond acceptors (Lipinski definition) is 2. The van der Waals surface area contributed by atoms with Crippen LogP contribution in [0, 0.1) is 12.7 Å². The smallest absolute Gasteiger partial charge is 0.340 e. The molecule has 0 bridgehead atoms. The lowest BCUT2D eigenvalue weighted by Crippen LogP contribution is -2.10. The number of halogens is 1. The van der Waals surface area contributed by atoms with Gasteiger partial charge in [0.25, 0.3) is 0 Å². The van der Waals surface area contributed by atoms with Gasteiger partial charge in [0.15, 0.2) is 0 Å². The van der Waals surface area contributed by atoms with Gasteiger partial charge in [-0.3, -0.25) is 0 Å². The van der Waals surface area contributed by atoms with Crippen LogP contribution in [-0.2, 0) is 6.42 Å². The second-order valence-electron chi connectivity index (χ2n) is 4.79. The minimum atomic E-state index is -0.328. The zero-order valence-corrected chi connectivity index (χ0v) is 11.0. The Morgan fingerprint density at radius 2 is 1.75 bits per heavy atom. The van der Waals surface area contributed by atoms with Crippen LogP contribution < -0.4 is 5.63 Å². The maximum absolute atomic E-state index is 12.9. The third-order valence-electron chi connectivity index (χ3n) is 3.49. The Balaban J connectivity index is 2.11. The Bertz CT molecular complexity index is 817. The fraction of sp³-hybridized carbons (Fsp3) is 0.118. The van der Waals surface area contributed by atoms with E-state index in [4.69, 9.17) is 4.42 Å². The van der Waals surface area contributed by atoms with E-state index in [2.05, 4.69) is 0 Å². The van der Waals surface area contributed by atoms with E-state index in [0.717, 1.165) is 16.5 Å². The van der Waals surface area contributed by atoms with Gasteiger partial charge >= 0.3 is 5.63 Å². The minimum absolute atomic E-state index is 0.281. The highest BCUT2D eigenvalue weighted by Crippen LogP contribution is 2.20. The number of fused-ring (bicyclic) bond motifs is 1. The van der Waals surface area contributed by atoms with Crippen LogP contribution in [0.3, 0.4) is 0 Å². The summed E-state index contributed by atoms with van der Waals surface area (Å²) in [6.45, 7) is 1.91. The van der Waals surface area contributed by atoms with E-state index in [-0.39, 0.29) is 11.4 Å². The maximum atomic E-state index is 12.9. The Kier molecular flexibility index (Phi) is 3.11. The van der Waals surface area contributed by atoms with E-state index >= 15 is 0 Å². The van der Waals surface area contributed by atoms with Crippen LogP contribution in [0.5, 0.6) is 0 Å². The predicted octanol–water partition coefficient (Wildman–Crippen LogP) is 3.83. The lowest BCUT2D eigenvalue weighted by atomic mass is 10.00. The summed E-state index contributed by atoms with van der Waals surface area (Å²) in [5.74, 6) is -0.281. The molecule has 0 aliphatic heterocycles. The monoisotopic (exact) mass is 268 g/mol. The molecule has 1 heterocycles. The van der Waals surface area contributed by atoms with Crippen molar-refractivity contribution in [3.63, 3.8) is 0 Å². The molecule has 3 rings (SSSR count). The number of para-hydroxylation sites is 1. The molecule has 0 fully saturated rings. The predicted molar refractivity (Wildman–Crippen MR) is 76.4 cm³/mol. The summed E-state index contributed by atoms with van der Waals surface area (Å²) in [5.41, 5.74) is 2.69. The molecule has 0 saturated heterocycles. The van der Waals surface area contributed by atoms with Gasteiger partial charge in [0.05, 0.1) is 0 Å². The van der Waals surface area contributed by atoms with Gasteiger partial charge in [0.2, 0.25) is 0 Å². The first-order chi connectivity index (χ1) is 9.65. The third kappa shape index (κ3) is 2.23. The van der Waals surface area contributed by atoms with Gasteiger partial charge in [0, 0.05) is 17.4 Å². The molecule has 1 aromatic heterocycles. The van der Waals surface area contributed by atoms with Crippen molar-refractivity contribution in [3.8, 4) is 0 Å². The zero-order valence-electron chi connectivity index (χ0n) is 11.0. The van der Waals surface area contributed by atoms with E-state index in [0.29, 0.717) is 17.6 Å². The average Bonchev–Trinajstić information content (AvgIpc) is 2.45. The number of aryl methyl sites for hydroxylation is 1. The Hall–Kier alpha value is -2.42. The molecule has 2 aromatic carbocycles. The fourth-order valence-electron chi connectivity index (χ4n) is 2.35. The first-order valence-electron chi connectivity index (χ1n) is 6.41. The first kappa shape index (κ1) is 12.6. The molecule has 0 aliphatic rings. The molecule has 3 heteroatoms. The lowest BCUT2D eigenvalue weighted by molar-refractivity contribution is 0.551. The second-order valence-corrected chi connectivity index (χ2v) is 4.79. The molecule has 20 heavy (non-hydrogen) atoms. The highest BCUT2D eigenvalue weighted by molar-refractivity contribution is 5.80. The van der Waals surface area contributed by atoms with Crippen molar-refractivity contribution in [1.82, 2.24) is 0 Å². The van der Waals surface area contributed by atoms with Gasteiger partial charge in [-0.05, 0) is 36.2 Å². The summed E-state index contributed by atoms with van der Waals surface area (Å²) in [6, 6.07) is 13.6. The Morgan fingerprint density at radius 3 is 2.50 bits per heavy atom. The summed E-state index contributed by atoms with van der Waals surface area (Å²) in [7, 11) is 0. The van der Waals surface area contributed by atoms with Crippen molar-refractivity contribution >= 4 is 11.0 Å². The number of benzene rings is 2. The quantitative estimate of drug-likeness (QED) is 0.661. The molecule has 0 N–H and O–H groups in total. The van der Waals surface area contributed by atoms with Crippen molar-refractivity contribution in [2.75, 3.05) is 0 Å². The SMILES string of the molecule is Cc1c(Cc2ccc(F)cc2)c(=O)oc2ccccc12. The van der Waals surface area contributed by atoms with E-state index < -0.39 is 0 Å². The highest BCUT2D eigenvalue weighted by atomic mass is 19.1. The van der Waals surface area contributed by atoms with Crippen molar-refractivity contribution in [2.24, 2.45) is 0 Å². The van der Waals surface area contributed by atoms with E-state index in [9.17, 15) is 9.18 Å². The molecular weight excluding hydrogens is 255 g/mol. The van der Waals surface area contributed by atoms with Crippen LogP contribution in [0.4, 0.5) is 4.39 Å². The summed E-state index contributed by atoms with van der Waals surface area (Å²) in [4.78, 5) is 12.1. The van der Waals surface area contributed by atoms with Crippen molar-refractivity contribution in [1.29, 1.82) is 0 Å². The summed E-state index contributed by atoms with van der Waals surface area (Å²) in [6.07, 6.45) is 0.444. The zero-order chi connectivity index (χ0) is 14.1. The largest absolute Gasteiger partial charge is 0.423 e. The molecule has 0 saturated carbocycles. The van der Waals surface area contributed by atoms with Gasteiger partial charge in [-0.15, -0.1) is 0 Å². The standard InChI is InChI=1S/C17H13FO2/c1-11-14-4-2-3-5-16(14)20-17(19)15(11)10-12-6-8-13(18)9-7-12/h2-9H,10H2,1H3. The number of rotatable bonds is 2. The molecular formula is C17H13FO2. The second kappa shape index (κ2) is 4.93. The molecule has 0 atom stereocenters. The molecule has 0 unspecified atom stereocenters. The first-order valence-corrected chi connectivity index (χ1v) is 6.41. The van der Waals surface area contributed by atoms with E-state index in [1.807, 2.05) is 25.1 Å². The Labute approximate surface area is 115 Å². The molecule has 0 radical (unpaired) electrons. The maximum Gasteiger partial charge on any atom is 0.340 e. The normalized spacial score (nSPS) is 10.9. The van der Waals surface area contributed by atoms with Gasteiger partial charge in [-0.1, -0.05) is 30.3 Å². The van der Waals surface area contributed by atoms with E-state index in [1.54, 1.807) is 18.2 Å². The van der Waals surface area contributed by atoms with Gasteiger partial charge in [-0.2, -0.15) is 0 Å². The topological polar surface area (TPSA) is 30.2 Å². The van der Waals surface area contributed by atoms with Crippen LogP contribution >= 0.6 is 0 Å². The molecule has 100 valence electrons. The molecule has 0 spiro atoms. The molecule has 2 nitrogen and oxygen atoms in total. The highest BCUT2D eigenvalue weighted by Gasteiger charge is 2.11. The fourth-order valence-corrected chi connectivity index (χ4v) is 2.35. The third-order valence-corrected chi connectivity index (χ3v) is 3.49. The number of hydrogen-bond donors (Lipinski definition) is 0. The van der Waals surface area contributed by atoms with Crippen LogP contribution in [0.15, 0.2) is 57.7 Å². The van der Waals surface area contributed by atoms with Gasteiger partial charge in [0.1, 0.15) is 11.4 Å². The molecule has 0 aliphatic carbocycles. The molecule has 0 amide bonds. The van der Waals surface area contributed by atoms with Crippen LogP contribution in [0.25, 0.3) is 11.0 Å². The summed E-state index contributed by atoms with van der Waals surface area (Å²) in [5, 5.41) is 0.934. The van der Waals surface area contributed by atoms with Crippen LogP contribution in [0.2, 0.25) is 0 Å². The Morgan fingerprint density at radius 1 is 1.05 bits per heavy atom. The van der Waals surface area contributed by atoms with Crippen LogP contribution in [-0.4, -0.2) is 0 Å². The van der Waals surface area contributed by atoms with E-state index in [1.165, 1.54) is 12.1 Å². The van der Waals surface area contributed by atoms with Gasteiger partial charge in [-0.25, -0.2) is 9.18 Å². The van der Waals surface area contributed by atoms with Crippen LogP contribution in [0.1, 0.15) is 16.7 Å². The molecule has 3 aromatic rings. The summed E-state index contributed by atoms with van der Waals surface area (Å²) < 4.78 is 18.3. The average molecular weight is 268 g/mol. The van der Waals surface area contributed by atoms with Gasteiger partial charge < -0.3 is 4.42 Å². The minimum Gasteiger partial charge on any atom is -0.423 e. The lowest BCUT2D eigenvalue weighted by Gasteiger charge is -2.07. The summed E-state index contributed by atoms with van der Waals surface area (Å²) >= 11 is 0. The van der Waals surface area contributed by atoms with Crippen molar-refractivity contribution in [3.05, 3.63) is 81.5 Å². The van der Waals surface area contributed by atoms with Crippen molar-refractivity contribution < 1.29 is 8.81 Å². The van der Waals surface area contributed by atoms with Crippen molar-refractivity contribution in [2.45, 2.75) is 13.3 Å².